The van der Waals surface area contributed by atoms with E-state index in [2.05, 4.69) is 58.7 Å². The van der Waals surface area contributed by atoms with Crippen LogP contribution in [0.5, 0.6) is 0 Å². The second-order valence-corrected chi connectivity index (χ2v) is 9.19. The van der Waals surface area contributed by atoms with E-state index in [1.807, 2.05) is 12.3 Å². The molecule has 0 bridgehead atoms. The highest BCUT2D eigenvalue weighted by molar-refractivity contribution is 5.96. The van der Waals surface area contributed by atoms with Crippen LogP contribution in [-0.2, 0) is 0 Å². The highest BCUT2D eigenvalue weighted by Gasteiger charge is 2.22. The Bertz CT molecular complexity index is 885. The van der Waals surface area contributed by atoms with Crippen LogP contribution in [0.1, 0.15) is 96.3 Å². The molecule has 0 aromatic heterocycles. The van der Waals surface area contributed by atoms with Crippen LogP contribution >= 0.6 is 0 Å². The fourth-order valence-corrected chi connectivity index (χ4v) is 4.05. The molecule has 0 heterocycles. The number of aryl methyl sites for hydroxylation is 1. The first-order valence-electron chi connectivity index (χ1n) is 12.6. The Labute approximate surface area is 202 Å². The molecule has 0 amide bonds. The molecular weight excluding hydrogens is 404 g/mol. The van der Waals surface area contributed by atoms with Gasteiger partial charge in [0.15, 0.2) is 0 Å². The summed E-state index contributed by atoms with van der Waals surface area (Å²) in [5.74, 6) is 0.512. The molecule has 4 heteroatoms. The van der Waals surface area contributed by atoms with Gasteiger partial charge in [-0.3, -0.25) is 4.99 Å². The number of nitrogens with one attached hydrogen (secondary N) is 1. The highest BCUT2D eigenvalue weighted by Crippen LogP contribution is 2.41. The molecule has 0 atom stereocenters. The minimum atomic E-state index is 0.512. The topological polar surface area (TPSA) is 88.2 Å². The van der Waals surface area contributed by atoms with E-state index < -0.39 is 0 Å². The lowest BCUT2D eigenvalue weighted by molar-refractivity contribution is 0.667. The van der Waals surface area contributed by atoms with Gasteiger partial charge in [-0.15, -0.1) is 0 Å². The maximum atomic E-state index is 7.98. The van der Waals surface area contributed by atoms with Crippen molar-refractivity contribution in [1.82, 2.24) is 0 Å². The Kier molecular flexibility index (Phi) is 13.1. The van der Waals surface area contributed by atoms with Crippen molar-refractivity contribution in [3.8, 4) is 0 Å². The Balaban J connectivity index is 0.00000172. The Morgan fingerprint density at radius 2 is 1.82 bits per heavy atom. The van der Waals surface area contributed by atoms with Gasteiger partial charge < -0.3 is 16.9 Å². The van der Waals surface area contributed by atoms with Crippen LogP contribution in [0, 0.1) is 18.3 Å². The van der Waals surface area contributed by atoms with E-state index >= 15 is 0 Å². The monoisotopic (exact) mass is 450 g/mol. The van der Waals surface area contributed by atoms with Crippen LogP contribution in [0.2, 0.25) is 0 Å². The molecular formula is C29H46N4. The minimum absolute atomic E-state index is 0.512. The number of allylic oxidation sites excluding steroid dienone is 5. The molecule has 4 nitrogen and oxygen atoms in total. The van der Waals surface area contributed by atoms with Crippen LogP contribution in [0.4, 0.5) is 5.69 Å². The molecule has 0 unspecified atom stereocenters. The lowest BCUT2D eigenvalue weighted by Crippen LogP contribution is -2.10. The zero-order chi connectivity index (χ0) is 24.8. The molecule has 1 aromatic carbocycles. The third-order valence-electron chi connectivity index (χ3n) is 5.56. The van der Waals surface area contributed by atoms with E-state index in [1.165, 1.54) is 34.9 Å². The zero-order valence-electron chi connectivity index (χ0n) is 21.8. The van der Waals surface area contributed by atoms with Crippen molar-refractivity contribution in [1.29, 1.82) is 5.41 Å². The second-order valence-electron chi connectivity index (χ2n) is 9.19. The van der Waals surface area contributed by atoms with Crippen molar-refractivity contribution >= 4 is 23.7 Å². The maximum Gasteiger partial charge on any atom is 0.0412 e. The molecule has 0 radical (unpaired) electrons. The number of anilines is 1. The fourth-order valence-electron chi connectivity index (χ4n) is 4.05. The Morgan fingerprint density at radius 1 is 1.15 bits per heavy atom. The third kappa shape index (κ3) is 8.34. The minimum Gasteiger partial charge on any atom is -0.404 e. The summed E-state index contributed by atoms with van der Waals surface area (Å²) in [5, 5.41) is 7.98. The fraction of sp³-hybridized carbons (Fsp3) is 0.517. The summed E-state index contributed by atoms with van der Waals surface area (Å²) < 4.78 is 0. The summed E-state index contributed by atoms with van der Waals surface area (Å²) in [4.78, 5) is 4.64. The van der Waals surface area contributed by atoms with Gasteiger partial charge in [0, 0.05) is 42.0 Å². The van der Waals surface area contributed by atoms with E-state index in [1.54, 1.807) is 6.20 Å². The van der Waals surface area contributed by atoms with Crippen LogP contribution in [0.25, 0.3) is 5.57 Å². The van der Waals surface area contributed by atoms with Crippen LogP contribution < -0.4 is 11.5 Å². The molecule has 0 aliphatic heterocycles. The van der Waals surface area contributed by atoms with Crippen molar-refractivity contribution in [3.63, 3.8) is 0 Å². The molecule has 0 spiro atoms. The quantitative estimate of drug-likeness (QED) is 0.205. The first-order valence-corrected chi connectivity index (χ1v) is 12.6. The molecule has 1 aliphatic rings. The summed E-state index contributed by atoms with van der Waals surface area (Å²) in [6.07, 6.45) is 15.0. The van der Waals surface area contributed by atoms with E-state index in [0.717, 1.165) is 61.8 Å². The van der Waals surface area contributed by atoms with Crippen molar-refractivity contribution in [2.75, 3.05) is 12.3 Å². The van der Waals surface area contributed by atoms with Gasteiger partial charge >= 0.3 is 0 Å². The third-order valence-corrected chi connectivity index (χ3v) is 5.56. The highest BCUT2D eigenvalue weighted by atomic mass is 14.7. The normalized spacial score (nSPS) is 15.1. The van der Waals surface area contributed by atoms with E-state index in [-0.39, 0.29) is 0 Å². The average molecular weight is 451 g/mol. The first kappa shape index (κ1) is 28.4. The second kappa shape index (κ2) is 15.3. The molecule has 0 fully saturated rings. The average Bonchev–Trinajstić information content (AvgIpc) is 2.80. The standard InChI is InChI=1S/C26H38N4.C3H8/c1-5-6-9-21(20(14-27)17-30-16-18(2)3)22-10-7-8-11-23(22)26-19(4)12-13-25(29)24(26)15-28;1-3-2/h9,12-15,17-18,28H,5-8,10-11,16,27,29H2,1-4H3;3H2,1-2H3/b20-14+,21-9+,28-15?,30-17?;. The van der Waals surface area contributed by atoms with Crippen molar-refractivity contribution in [3.05, 3.63) is 57.8 Å². The summed E-state index contributed by atoms with van der Waals surface area (Å²) in [7, 11) is 0. The molecule has 1 aliphatic carbocycles. The van der Waals surface area contributed by atoms with Crippen molar-refractivity contribution in [2.45, 2.75) is 86.5 Å². The van der Waals surface area contributed by atoms with Gasteiger partial charge in [-0.05, 0) is 78.9 Å². The van der Waals surface area contributed by atoms with Crippen LogP contribution in [0.3, 0.4) is 0 Å². The number of nitrogens with two attached hydrogens (primary N) is 2. The van der Waals surface area contributed by atoms with Crippen LogP contribution in [0.15, 0.2) is 46.1 Å². The summed E-state index contributed by atoms with van der Waals surface area (Å²) in [6.45, 7) is 13.7. The van der Waals surface area contributed by atoms with E-state index in [9.17, 15) is 0 Å². The molecule has 0 saturated carbocycles. The predicted octanol–water partition coefficient (Wildman–Crippen LogP) is 7.61. The number of unbranched alkanes of at least 4 members (excludes halogenated alkanes) is 1. The molecule has 33 heavy (non-hydrogen) atoms. The number of hydrogen-bond acceptors (Lipinski definition) is 4. The van der Waals surface area contributed by atoms with Gasteiger partial charge in [0.1, 0.15) is 0 Å². The zero-order valence-corrected chi connectivity index (χ0v) is 21.8. The lowest BCUT2D eigenvalue weighted by atomic mass is 9.79. The summed E-state index contributed by atoms with van der Waals surface area (Å²) in [5.41, 5.74) is 20.9. The molecule has 182 valence electrons. The van der Waals surface area contributed by atoms with Gasteiger partial charge in [0.2, 0.25) is 0 Å². The molecule has 0 saturated heterocycles. The van der Waals surface area contributed by atoms with E-state index in [4.69, 9.17) is 16.9 Å². The van der Waals surface area contributed by atoms with Crippen LogP contribution in [-0.4, -0.2) is 19.0 Å². The molecule has 1 aromatic rings. The Hall–Kier alpha value is -2.62. The van der Waals surface area contributed by atoms with Gasteiger partial charge in [-0.1, -0.05) is 59.6 Å². The van der Waals surface area contributed by atoms with Gasteiger partial charge in [-0.25, -0.2) is 0 Å². The predicted molar refractivity (Wildman–Crippen MR) is 148 cm³/mol. The number of aliphatic imine (C=N–C) groups is 1. The van der Waals surface area contributed by atoms with Crippen molar-refractivity contribution in [2.24, 2.45) is 16.6 Å². The molecule has 2 rings (SSSR count). The maximum absolute atomic E-state index is 7.98. The Morgan fingerprint density at radius 3 is 2.39 bits per heavy atom. The number of nitrogen functional groups attached to an aromatic ring is 1. The number of hydrogen-bond donors (Lipinski definition) is 3. The van der Waals surface area contributed by atoms with Crippen molar-refractivity contribution < 1.29 is 0 Å². The number of nitrogens with zero attached hydrogens (tertiary/aromatic N) is 1. The smallest absolute Gasteiger partial charge is 0.0412 e. The number of benzene rings is 1. The summed E-state index contributed by atoms with van der Waals surface area (Å²) in [6, 6.07) is 3.97. The lowest BCUT2D eigenvalue weighted by Gasteiger charge is -2.26. The van der Waals surface area contributed by atoms with Gasteiger partial charge in [-0.2, -0.15) is 0 Å². The SMILES string of the molecule is CCC.CCC/C=C(C1=C(c2c(C)ccc(N)c2C=N)CCCC1)\C(C=NCC(C)C)=C\N. The molecule has 5 N–H and O–H groups in total. The van der Waals surface area contributed by atoms with Gasteiger partial charge in [0.25, 0.3) is 0 Å². The first-order chi connectivity index (χ1) is 15.9. The van der Waals surface area contributed by atoms with E-state index in [0.29, 0.717) is 11.6 Å². The van der Waals surface area contributed by atoms with Gasteiger partial charge in [0.05, 0.1) is 0 Å². The number of rotatable bonds is 9. The largest absolute Gasteiger partial charge is 0.404 e. The summed E-state index contributed by atoms with van der Waals surface area (Å²) >= 11 is 0.